The summed E-state index contributed by atoms with van der Waals surface area (Å²) in [5.74, 6) is 0.0355. The fraction of sp³-hybridized carbons (Fsp3) is 0.350. The predicted molar refractivity (Wildman–Crippen MR) is 117 cm³/mol. The van der Waals surface area contributed by atoms with Gasteiger partial charge in [0.05, 0.1) is 9.58 Å². The van der Waals surface area contributed by atoms with Crippen molar-refractivity contribution in [3.63, 3.8) is 0 Å². The third-order valence-corrected chi connectivity index (χ3v) is 6.89. The standard InChI is InChI=1S/C20H22N4O2S2/c1-3-24(4-2)20-23-19-16(28-20)11-15(27-19)18(26)22-14-7-5-6-13(10-14)21-17(25)12-8-9-12/h5-7,10-12H,3-4,8-9H2,1-2H3,(H,21,25)(H,22,26). The molecule has 8 heteroatoms. The number of rotatable bonds is 7. The second-order valence-electron chi connectivity index (χ2n) is 6.75. The van der Waals surface area contributed by atoms with Crippen molar-refractivity contribution in [1.29, 1.82) is 0 Å². The molecule has 0 atom stereocenters. The van der Waals surface area contributed by atoms with Gasteiger partial charge in [0.1, 0.15) is 4.83 Å². The molecule has 4 rings (SSSR count). The highest BCUT2D eigenvalue weighted by molar-refractivity contribution is 7.29. The normalized spacial score (nSPS) is 13.5. The lowest BCUT2D eigenvalue weighted by molar-refractivity contribution is -0.117. The molecular formula is C20H22N4O2S2. The molecule has 0 spiro atoms. The largest absolute Gasteiger partial charge is 0.349 e. The first-order valence-corrected chi connectivity index (χ1v) is 11.1. The van der Waals surface area contributed by atoms with E-state index in [-0.39, 0.29) is 17.7 Å². The first-order chi connectivity index (χ1) is 13.6. The number of hydrogen-bond acceptors (Lipinski definition) is 6. The molecule has 1 saturated carbocycles. The SMILES string of the molecule is CCN(CC)c1nc2sc(C(=O)Nc3cccc(NC(=O)C4CC4)c3)cc2s1. The fourth-order valence-corrected chi connectivity index (χ4v) is 5.16. The number of anilines is 3. The van der Waals surface area contributed by atoms with Crippen molar-refractivity contribution in [2.45, 2.75) is 26.7 Å². The summed E-state index contributed by atoms with van der Waals surface area (Å²) in [4.78, 5) is 33.0. The highest BCUT2D eigenvalue weighted by atomic mass is 32.1. The summed E-state index contributed by atoms with van der Waals surface area (Å²) in [6.07, 6.45) is 1.92. The van der Waals surface area contributed by atoms with Crippen LogP contribution in [0.4, 0.5) is 16.5 Å². The van der Waals surface area contributed by atoms with Crippen LogP contribution in [0.2, 0.25) is 0 Å². The van der Waals surface area contributed by atoms with E-state index in [2.05, 4.69) is 34.4 Å². The molecule has 1 aliphatic rings. The van der Waals surface area contributed by atoms with Crippen LogP contribution in [0.3, 0.4) is 0 Å². The molecule has 1 aliphatic carbocycles. The molecule has 2 aromatic heterocycles. The third kappa shape index (κ3) is 4.02. The van der Waals surface area contributed by atoms with Gasteiger partial charge in [0, 0.05) is 30.4 Å². The minimum absolute atomic E-state index is 0.0528. The maximum Gasteiger partial charge on any atom is 0.265 e. The topological polar surface area (TPSA) is 74.3 Å². The fourth-order valence-electron chi connectivity index (χ4n) is 2.92. The van der Waals surface area contributed by atoms with Crippen molar-refractivity contribution in [3.8, 4) is 0 Å². The van der Waals surface area contributed by atoms with Gasteiger partial charge in [-0.05, 0) is 51.0 Å². The summed E-state index contributed by atoms with van der Waals surface area (Å²) in [5.41, 5.74) is 1.36. The van der Waals surface area contributed by atoms with E-state index < -0.39 is 0 Å². The van der Waals surface area contributed by atoms with E-state index in [4.69, 9.17) is 0 Å². The Labute approximate surface area is 171 Å². The number of nitrogens with one attached hydrogen (secondary N) is 2. The maximum absolute atomic E-state index is 12.6. The Balaban J connectivity index is 1.45. The first kappa shape index (κ1) is 18.9. The summed E-state index contributed by atoms with van der Waals surface area (Å²) >= 11 is 3.02. The number of fused-ring (bicyclic) bond motifs is 1. The number of carbonyl (C=O) groups is 2. The van der Waals surface area contributed by atoms with Crippen LogP contribution in [0.25, 0.3) is 9.53 Å². The van der Waals surface area contributed by atoms with Gasteiger partial charge in [-0.1, -0.05) is 17.4 Å². The van der Waals surface area contributed by atoms with Gasteiger partial charge in [0.25, 0.3) is 5.91 Å². The minimum atomic E-state index is -0.162. The lowest BCUT2D eigenvalue weighted by Gasteiger charge is -2.16. The van der Waals surface area contributed by atoms with Crippen LogP contribution in [0.5, 0.6) is 0 Å². The third-order valence-electron chi connectivity index (χ3n) is 4.67. The molecule has 6 nitrogen and oxygen atoms in total. The summed E-state index contributed by atoms with van der Waals surface area (Å²) in [6.45, 7) is 6.05. The van der Waals surface area contributed by atoms with Crippen LogP contribution in [-0.4, -0.2) is 29.9 Å². The number of amides is 2. The van der Waals surface area contributed by atoms with Crippen LogP contribution in [0.1, 0.15) is 36.4 Å². The zero-order valence-electron chi connectivity index (χ0n) is 15.8. The molecule has 0 saturated heterocycles. The molecule has 1 fully saturated rings. The van der Waals surface area contributed by atoms with Gasteiger partial charge in [0.15, 0.2) is 5.13 Å². The zero-order chi connectivity index (χ0) is 19.7. The predicted octanol–water partition coefficient (Wildman–Crippen LogP) is 4.80. The van der Waals surface area contributed by atoms with Crippen molar-refractivity contribution in [3.05, 3.63) is 35.2 Å². The number of thiazole rings is 1. The van der Waals surface area contributed by atoms with Crippen LogP contribution < -0.4 is 15.5 Å². The van der Waals surface area contributed by atoms with E-state index in [0.717, 1.165) is 40.6 Å². The molecule has 3 aromatic rings. The van der Waals surface area contributed by atoms with E-state index in [1.807, 2.05) is 24.3 Å². The summed E-state index contributed by atoms with van der Waals surface area (Å²) in [5, 5.41) is 6.81. The Morgan fingerprint density at radius 3 is 2.46 bits per heavy atom. The lowest BCUT2D eigenvalue weighted by atomic mass is 10.2. The molecule has 0 aliphatic heterocycles. The molecule has 2 amide bonds. The van der Waals surface area contributed by atoms with Gasteiger partial charge in [0.2, 0.25) is 5.91 Å². The number of aromatic nitrogens is 1. The number of thiophene rings is 1. The number of hydrogen-bond donors (Lipinski definition) is 2. The summed E-state index contributed by atoms with van der Waals surface area (Å²) in [7, 11) is 0. The highest BCUT2D eigenvalue weighted by Crippen LogP contribution is 2.35. The van der Waals surface area contributed by atoms with Gasteiger partial charge >= 0.3 is 0 Å². The zero-order valence-corrected chi connectivity index (χ0v) is 17.5. The highest BCUT2D eigenvalue weighted by Gasteiger charge is 2.29. The average molecular weight is 415 g/mol. The Hall–Kier alpha value is -2.45. The smallest absolute Gasteiger partial charge is 0.265 e. The second-order valence-corrected chi connectivity index (χ2v) is 8.79. The van der Waals surface area contributed by atoms with Gasteiger partial charge in [-0.15, -0.1) is 11.3 Å². The van der Waals surface area contributed by atoms with Gasteiger partial charge < -0.3 is 15.5 Å². The molecule has 2 N–H and O–H groups in total. The number of carbonyl (C=O) groups excluding carboxylic acids is 2. The summed E-state index contributed by atoms with van der Waals surface area (Å²) < 4.78 is 1.03. The molecule has 1 aromatic carbocycles. The van der Waals surface area contributed by atoms with Crippen LogP contribution in [0, 0.1) is 5.92 Å². The maximum atomic E-state index is 12.6. The summed E-state index contributed by atoms with van der Waals surface area (Å²) in [6, 6.07) is 9.15. The molecule has 146 valence electrons. The Kier molecular flexibility index (Phi) is 5.32. The van der Waals surface area contributed by atoms with Gasteiger partial charge in [-0.2, -0.15) is 0 Å². The second kappa shape index (κ2) is 7.89. The molecule has 2 heterocycles. The molecular weight excluding hydrogens is 392 g/mol. The van der Waals surface area contributed by atoms with Crippen LogP contribution in [0.15, 0.2) is 30.3 Å². The van der Waals surface area contributed by atoms with Crippen LogP contribution >= 0.6 is 22.7 Å². The van der Waals surface area contributed by atoms with Gasteiger partial charge in [-0.25, -0.2) is 4.98 Å². The van der Waals surface area contributed by atoms with Crippen molar-refractivity contribution in [2.75, 3.05) is 28.6 Å². The Morgan fingerprint density at radius 2 is 1.82 bits per heavy atom. The van der Waals surface area contributed by atoms with E-state index in [1.165, 1.54) is 11.3 Å². The number of nitrogens with zero attached hydrogens (tertiary/aromatic N) is 2. The van der Waals surface area contributed by atoms with E-state index in [9.17, 15) is 9.59 Å². The van der Waals surface area contributed by atoms with E-state index >= 15 is 0 Å². The average Bonchev–Trinajstić information content (AvgIpc) is 3.34. The monoisotopic (exact) mass is 414 g/mol. The van der Waals surface area contributed by atoms with Crippen molar-refractivity contribution in [1.82, 2.24) is 4.98 Å². The van der Waals surface area contributed by atoms with Crippen molar-refractivity contribution in [2.24, 2.45) is 5.92 Å². The van der Waals surface area contributed by atoms with E-state index in [1.54, 1.807) is 17.4 Å². The Bertz CT molecular complexity index is 987. The van der Waals surface area contributed by atoms with E-state index in [0.29, 0.717) is 16.3 Å². The van der Waals surface area contributed by atoms with Crippen molar-refractivity contribution < 1.29 is 9.59 Å². The quantitative estimate of drug-likeness (QED) is 0.582. The molecule has 0 unspecified atom stereocenters. The number of benzene rings is 1. The molecule has 0 bridgehead atoms. The lowest BCUT2D eigenvalue weighted by Crippen LogP contribution is -2.21. The van der Waals surface area contributed by atoms with Crippen LogP contribution in [-0.2, 0) is 4.79 Å². The Morgan fingerprint density at radius 1 is 1.11 bits per heavy atom. The van der Waals surface area contributed by atoms with Crippen molar-refractivity contribution >= 4 is 60.5 Å². The first-order valence-electron chi connectivity index (χ1n) is 9.45. The van der Waals surface area contributed by atoms with Gasteiger partial charge in [-0.3, -0.25) is 9.59 Å². The molecule has 28 heavy (non-hydrogen) atoms. The molecule has 0 radical (unpaired) electrons. The minimum Gasteiger partial charge on any atom is -0.349 e.